The van der Waals surface area contributed by atoms with E-state index in [9.17, 15) is 4.79 Å². The number of methoxy groups -OCH3 is 1. The first-order valence-corrected chi connectivity index (χ1v) is 10.0. The first-order chi connectivity index (χ1) is 14.0. The van der Waals surface area contributed by atoms with Crippen LogP contribution in [0, 0.1) is 6.92 Å². The summed E-state index contributed by atoms with van der Waals surface area (Å²) >= 11 is 1.31. The molecule has 3 N–H and O–H groups in total. The van der Waals surface area contributed by atoms with Crippen LogP contribution in [-0.2, 0) is 6.54 Å². The minimum atomic E-state index is -0.186. The van der Waals surface area contributed by atoms with Gasteiger partial charge in [0, 0.05) is 17.5 Å². The average molecular weight is 404 g/mol. The number of nitrogens with two attached hydrogens (primary N) is 1. The lowest BCUT2D eigenvalue weighted by Crippen LogP contribution is -2.22. The quantitative estimate of drug-likeness (QED) is 0.502. The van der Waals surface area contributed by atoms with Gasteiger partial charge in [0.15, 0.2) is 0 Å². The van der Waals surface area contributed by atoms with Gasteiger partial charge >= 0.3 is 0 Å². The molecule has 0 aliphatic heterocycles. The fourth-order valence-electron chi connectivity index (χ4n) is 3.08. The number of carbonyl (C=O) groups excluding carboxylic acids is 1. The molecular weight excluding hydrogens is 382 g/mol. The summed E-state index contributed by atoms with van der Waals surface area (Å²) in [7, 11) is 1.64. The number of aryl methyl sites for hydroxylation is 1. The maximum Gasteiger partial charge on any atom is 0.263 e. The normalized spacial score (nSPS) is 10.8. The maximum absolute atomic E-state index is 12.7. The number of anilines is 1. The lowest BCUT2D eigenvalue weighted by Gasteiger charge is -2.05. The second-order valence-corrected chi connectivity index (χ2v) is 7.79. The van der Waals surface area contributed by atoms with Gasteiger partial charge in [-0.3, -0.25) is 4.79 Å². The third kappa shape index (κ3) is 3.93. The molecule has 0 saturated carbocycles. The number of amides is 1. The van der Waals surface area contributed by atoms with Gasteiger partial charge in [0.1, 0.15) is 15.5 Å². The first kappa shape index (κ1) is 19.0. The van der Waals surface area contributed by atoms with E-state index < -0.39 is 0 Å². The number of carbonyl (C=O) groups is 1. The number of nitrogens with zero attached hydrogens (tertiary/aromatic N) is 1. The zero-order valence-electron chi connectivity index (χ0n) is 16.2. The van der Waals surface area contributed by atoms with Crippen LogP contribution in [0.5, 0.6) is 5.75 Å². The van der Waals surface area contributed by atoms with Crippen molar-refractivity contribution in [2.45, 2.75) is 13.5 Å². The monoisotopic (exact) mass is 403 g/mol. The second kappa shape index (κ2) is 7.93. The van der Waals surface area contributed by atoms with Crippen molar-refractivity contribution < 1.29 is 9.53 Å². The van der Waals surface area contributed by atoms with Crippen LogP contribution in [0.2, 0.25) is 0 Å². The molecule has 2 aromatic heterocycles. The fourth-order valence-corrected chi connectivity index (χ4v) is 4.09. The van der Waals surface area contributed by atoms with Crippen molar-refractivity contribution in [2.75, 3.05) is 12.8 Å². The maximum atomic E-state index is 12.7. The summed E-state index contributed by atoms with van der Waals surface area (Å²) in [5.74, 6) is 0.584. The summed E-state index contributed by atoms with van der Waals surface area (Å²) in [6.07, 6.45) is 0. The molecule has 29 heavy (non-hydrogen) atoms. The van der Waals surface area contributed by atoms with Gasteiger partial charge in [-0.25, -0.2) is 4.98 Å². The van der Waals surface area contributed by atoms with Crippen LogP contribution >= 0.6 is 11.3 Å². The third-order valence-electron chi connectivity index (χ3n) is 4.74. The molecule has 4 rings (SSSR count). The zero-order valence-corrected chi connectivity index (χ0v) is 17.0. The minimum Gasteiger partial charge on any atom is -0.497 e. The highest BCUT2D eigenvalue weighted by molar-refractivity contribution is 7.21. The molecule has 0 spiro atoms. The predicted octanol–water partition coefficient (Wildman–Crippen LogP) is 4.79. The molecule has 146 valence electrons. The van der Waals surface area contributed by atoms with E-state index in [-0.39, 0.29) is 5.91 Å². The Morgan fingerprint density at radius 3 is 2.69 bits per heavy atom. The van der Waals surface area contributed by atoms with Gasteiger partial charge in [0.2, 0.25) is 0 Å². The second-order valence-electron chi connectivity index (χ2n) is 6.79. The lowest BCUT2D eigenvalue weighted by molar-refractivity contribution is 0.0956. The summed E-state index contributed by atoms with van der Waals surface area (Å²) in [5, 5.41) is 3.74. The van der Waals surface area contributed by atoms with E-state index in [0.29, 0.717) is 17.1 Å². The van der Waals surface area contributed by atoms with E-state index in [2.05, 4.69) is 5.32 Å². The number of nitrogens with one attached hydrogen (secondary N) is 1. The molecule has 0 aliphatic rings. The topological polar surface area (TPSA) is 77.2 Å². The van der Waals surface area contributed by atoms with Crippen LogP contribution in [-0.4, -0.2) is 18.0 Å². The number of nitrogen functional groups attached to an aromatic ring is 1. The molecule has 0 bridgehead atoms. The van der Waals surface area contributed by atoms with Gasteiger partial charge in [-0.05, 0) is 36.8 Å². The van der Waals surface area contributed by atoms with E-state index in [1.54, 1.807) is 7.11 Å². The highest BCUT2D eigenvalue weighted by Gasteiger charge is 2.17. The Balaban J connectivity index is 1.59. The Labute approximate surface area is 173 Å². The molecule has 0 radical (unpaired) electrons. The van der Waals surface area contributed by atoms with E-state index >= 15 is 0 Å². The van der Waals surface area contributed by atoms with Crippen LogP contribution < -0.4 is 15.8 Å². The number of ether oxygens (including phenoxy) is 1. The largest absolute Gasteiger partial charge is 0.497 e. The van der Waals surface area contributed by atoms with Gasteiger partial charge in [-0.15, -0.1) is 11.3 Å². The number of hydrogen-bond donors (Lipinski definition) is 2. The van der Waals surface area contributed by atoms with Crippen LogP contribution in [0.1, 0.15) is 20.8 Å². The van der Waals surface area contributed by atoms with Crippen LogP contribution in [0.15, 0.2) is 60.7 Å². The van der Waals surface area contributed by atoms with Crippen molar-refractivity contribution >= 4 is 33.1 Å². The summed E-state index contributed by atoms with van der Waals surface area (Å²) in [6.45, 7) is 2.49. The molecular formula is C23H21N3O2S. The summed E-state index contributed by atoms with van der Waals surface area (Å²) < 4.78 is 5.29. The molecule has 0 saturated heterocycles. The number of benzene rings is 2. The van der Waals surface area contributed by atoms with Crippen LogP contribution in [0.4, 0.5) is 5.69 Å². The Bertz CT molecular complexity index is 1180. The number of pyridine rings is 1. The molecule has 1 amide bonds. The number of aromatic nitrogens is 1. The van der Waals surface area contributed by atoms with Gasteiger partial charge in [0.25, 0.3) is 5.91 Å². The van der Waals surface area contributed by atoms with Gasteiger partial charge < -0.3 is 15.8 Å². The van der Waals surface area contributed by atoms with Crippen molar-refractivity contribution in [1.82, 2.24) is 10.3 Å². The van der Waals surface area contributed by atoms with Crippen molar-refractivity contribution in [3.63, 3.8) is 0 Å². The molecule has 2 heterocycles. The molecule has 4 aromatic rings. The SMILES string of the molecule is COc1cccc(-c2ccc3c(N)c(C(=O)NCc4ccc(C)cc4)sc3n2)c1. The highest BCUT2D eigenvalue weighted by atomic mass is 32.1. The molecule has 6 heteroatoms. The lowest BCUT2D eigenvalue weighted by atomic mass is 10.1. The predicted molar refractivity (Wildman–Crippen MR) is 118 cm³/mol. The summed E-state index contributed by atoms with van der Waals surface area (Å²) in [4.78, 5) is 18.6. The van der Waals surface area contributed by atoms with Crippen LogP contribution in [0.3, 0.4) is 0 Å². The summed E-state index contributed by atoms with van der Waals surface area (Å²) in [6, 6.07) is 19.6. The molecule has 0 unspecified atom stereocenters. The zero-order chi connectivity index (χ0) is 20.4. The van der Waals surface area contributed by atoms with Gasteiger partial charge in [-0.1, -0.05) is 42.0 Å². The number of rotatable bonds is 5. The molecule has 0 atom stereocenters. The Hall–Kier alpha value is -3.38. The van der Waals surface area contributed by atoms with E-state index in [4.69, 9.17) is 15.5 Å². The average Bonchev–Trinajstić information content (AvgIpc) is 3.09. The number of thiophene rings is 1. The third-order valence-corrected chi connectivity index (χ3v) is 5.85. The van der Waals surface area contributed by atoms with Crippen molar-refractivity contribution in [2.24, 2.45) is 0 Å². The van der Waals surface area contributed by atoms with E-state index in [0.717, 1.165) is 32.8 Å². The number of fused-ring (bicyclic) bond motifs is 1. The van der Waals surface area contributed by atoms with Crippen molar-refractivity contribution in [1.29, 1.82) is 0 Å². The van der Waals surface area contributed by atoms with Crippen LogP contribution in [0.25, 0.3) is 21.5 Å². The fraction of sp³-hybridized carbons (Fsp3) is 0.130. The Kier molecular flexibility index (Phi) is 5.18. The van der Waals surface area contributed by atoms with E-state index in [1.165, 1.54) is 16.9 Å². The van der Waals surface area contributed by atoms with E-state index in [1.807, 2.05) is 67.6 Å². The molecule has 0 fully saturated rings. The molecule has 5 nitrogen and oxygen atoms in total. The smallest absolute Gasteiger partial charge is 0.263 e. The highest BCUT2D eigenvalue weighted by Crippen LogP contribution is 2.34. The van der Waals surface area contributed by atoms with Gasteiger partial charge in [-0.2, -0.15) is 0 Å². The Morgan fingerprint density at radius 1 is 1.14 bits per heavy atom. The Morgan fingerprint density at radius 2 is 1.93 bits per heavy atom. The van der Waals surface area contributed by atoms with Gasteiger partial charge in [0.05, 0.1) is 18.5 Å². The minimum absolute atomic E-state index is 0.186. The number of hydrogen-bond acceptors (Lipinski definition) is 5. The molecule has 2 aromatic carbocycles. The first-order valence-electron chi connectivity index (χ1n) is 9.22. The molecule has 0 aliphatic carbocycles. The van der Waals surface area contributed by atoms with Crippen molar-refractivity contribution in [3.8, 4) is 17.0 Å². The van der Waals surface area contributed by atoms with Crippen molar-refractivity contribution in [3.05, 3.63) is 76.7 Å². The summed E-state index contributed by atoms with van der Waals surface area (Å²) in [5.41, 5.74) is 10.7. The standard InChI is InChI=1S/C23H21N3O2S/c1-14-6-8-15(9-7-14)13-25-22(27)21-20(24)18-10-11-19(26-23(18)29-21)16-4-3-5-17(12-16)28-2/h3-12H,13,24H2,1-2H3,(H,25,27).